The lowest BCUT2D eigenvalue weighted by Gasteiger charge is -2.03. The molecule has 0 aliphatic rings. The molecule has 5 aromatic rings. The first kappa shape index (κ1) is 17.6. The smallest absolute Gasteiger partial charge is 0.158 e. The molecule has 0 saturated heterocycles. The van der Waals surface area contributed by atoms with Gasteiger partial charge in [0.15, 0.2) is 11.6 Å². The molecule has 2 aromatic carbocycles. The predicted molar refractivity (Wildman–Crippen MR) is 120 cm³/mol. The van der Waals surface area contributed by atoms with Crippen molar-refractivity contribution in [2.45, 2.75) is 13.8 Å². The fourth-order valence-corrected chi connectivity index (χ4v) is 4.29. The van der Waals surface area contributed by atoms with Crippen molar-refractivity contribution < 1.29 is 4.42 Å². The number of nitrogens with zero attached hydrogens (tertiary/aromatic N) is 3. The van der Waals surface area contributed by atoms with Crippen LogP contribution < -0.4 is 5.43 Å². The first-order valence-corrected chi connectivity index (χ1v) is 10.1. The second-order valence-electron chi connectivity index (χ2n) is 6.77. The standard InChI is InChI=1S/C23H18N4OS/c1-14(20-12-17-10-6-7-11-19(17)28-20)26-27-22-18-13-21(16-8-4-3-5-9-16)29-23(18)25-15(2)24-22/h3-13H,1-2H3,(H,24,25,27)/b26-14-. The third-order valence-corrected chi connectivity index (χ3v) is 5.75. The number of anilines is 1. The number of rotatable bonds is 4. The minimum Gasteiger partial charge on any atom is -0.455 e. The molecule has 0 atom stereocenters. The van der Waals surface area contributed by atoms with Gasteiger partial charge in [-0.3, -0.25) is 5.43 Å². The first-order chi connectivity index (χ1) is 14.2. The minimum atomic E-state index is 0.696. The van der Waals surface area contributed by atoms with Gasteiger partial charge in [-0.1, -0.05) is 48.5 Å². The van der Waals surface area contributed by atoms with Gasteiger partial charge in [-0.05, 0) is 37.6 Å². The Bertz CT molecular complexity index is 1320. The fourth-order valence-electron chi connectivity index (χ4n) is 3.21. The van der Waals surface area contributed by atoms with E-state index >= 15 is 0 Å². The minimum absolute atomic E-state index is 0.696. The first-order valence-electron chi connectivity index (χ1n) is 9.30. The SMILES string of the molecule is C/C(=N/Nc1nc(C)nc2sc(-c3ccccc3)cc12)c1cc2ccccc2o1. The van der Waals surface area contributed by atoms with Gasteiger partial charge in [-0.15, -0.1) is 11.3 Å². The van der Waals surface area contributed by atoms with Crippen molar-refractivity contribution in [3.05, 3.63) is 78.3 Å². The average Bonchev–Trinajstić information content (AvgIpc) is 3.36. The van der Waals surface area contributed by atoms with Gasteiger partial charge in [0.2, 0.25) is 0 Å². The summed E-state index contributed by atoms with van der Waals surface area (Å²) in [6, 6.07) is 22.3. The second kappa shape index (κ2) is 7.14. The van der Waals surface area contributed by atoms with Crippen LogP contribution in [0.3, 0.4) is 0 Å². The maximum atomic E-state index is 5.89. The summed E-state index contributed by atoms with van der Waals surface area (Å²) in [6.45, 7) is 3.81. The van der Waals surface area contributed by atoms with Crippen LogP contribution in [0.4, 0.5) is 5.82 Å². The Morgan fingerprint density at radius 3 is 2.62 bits per heavy atom. The number of benzene rings is 2. The lowest BCUT2D eigenvalue weighted by Crippen LogP contribution is -2.01. The maximum Gasteiger partial charge on any atom is 0.158 e. The van der Waals surface area contributed by atoms with Gasteiger partial charge in [-0.25, -0.2) is 9.97 Å². The highest BCUT2D eigenvalue weighted by Crippen LogP contribution is 2.35. The number of hydrazone groups is 1. The van der Waals surface area contributed by atoms with Gasteiger partial charge in [0.25, 0.3) is 0 Å². The van der Waals surface area contributed by atoms with Gasteiger partial charge in [0, 0.05) is 10.3 Å². The van der Waals surface area contributed by atoms with Crippen LogP contribution in [-0.2, 0) is 0 Å². The molecule has 0 aliphatic carbocycles. The molecule has 3 aromatic heterocycles. The average molecular weight is 398 g/mol. The van der Waals surface area contributed by atoms with Crippen LogP contribution in [0.5, 0.6) is 0 Å². The Hall–Kier alpha value is -3.51. The molecule has 142 valence electrons. The molecular weight excluding hydrogens is 380 g/mol. The maximum absolute atomic E-state index is 5.89. The number of fused-ring (bicyclic) bond motifs is 2. The van der Waals surface area contributed by atoms with E-state index in [0.29, 0.717) is 11.6 Å². The number of hydrogen-bond acceptors (Lipinski definition) is 6. The monoisotopic (exact) mass is 398 g/mol. The van der Waals surface area contributed by atoms with Gasteiger partial charge in [0.1, 0.15) is 21.9 Å². The highest BCUT2D eigenvalue weighted by atomic mass is 32.1. The molecule has 6 heteroatoms. The molecule has 0 aliphatic heterocycles. The molecule has 0 fully saturated rings. The largest absolute Gasteiger partial charge is 0.455 e. The molecule has 0 radical (unpaired) electrons. The van der Waals surface area contributed by atoms with Crippen LogP contribution in [0.15, 0.2) is 76.2 Å². The summed E-state index contributed by atoms with van der Waals surface area (Å²) < 4.78 is 5.89. The second-order valence-corrected chi connectivity index (χ2v) is 7.80. The van der Waals surface area contributed by atoms with Gasteiger partial charge in [0.05, 0.1) is 5.39 Å². The number of hydrogen-bond donors (Lipinski definition) is 1. The summed E-state index contributed by atoms with van der Waals surface area (Å²) in [7, 11) is 0. The van der Waals surface area contributed by atoms with E-state index in [1.807, 2.05) is 62.4 Å². The topological polar surface area (TPSA) is 63.3 Å². The van der Waals surface area contributed by atoms with Crippen LogP contribution in [0.1, 0.15) is 18.5 Å². The molecule has 1 N–H and O–H groups in total. The van der Waals surface area contributed by atoms with E-state index in [2.05, 4.69) is 38.7 Å². The number of aromatic nitrogens is 2. The highest BCUT2D eigenvalue weighted by molar-refractivity contribution is 7.21. The number of para-hydroxylation sites is 1. The zero-order chi connectivity index (χ0) is 19.8. The summed E-state index contributed by atoms with van der Waals surface area (Å²) >= 11 is 1.65. The lowest BCUT2D eigenvalue weighted by molar-refractivity contribution is 0.604. The molecule has 29 heavy (non-hydrogen) atoms. The molecular formula is C23H18N4OS. The summed E-state index contributed by atoms with van der Waals surface area (Å²) in [5, 5.41) is 6.54. The Balaban J connectivity index is 1.50. The van der Waals surface area contributed by atoms with E-state index in [1.165, 1.54) is 5.56 Å². The van der Waals surface area contributed by atoms with E-state index in [-0.39, 0.29) is 0 Å². The molecule has 0 saturated carbocycles. The third-order valence-electron chi connectivity index (χ3n) is 4.67. The molecule has 0 amide bonds. The van der Waals surface area contributed by atoms with Crippen molar-refractivity contribution in [1.29, 1.82) is 0 Å². The quantitative estimate of drug-likeness (QED) is 0.287. The van der Waals surface area contributed by atoms with Crippen molar-refractivity contribution in [2.75, 3.05) is 5.43 Å². The lowest BCUT2D eigenvalue weighted by atomic mass is 10.2. The molecule has 3 heterocycles. The number of aryl methyl sites for hydroxylation is 1. The van der Waals surface area contributed by atoms with Crippen LogP contribution in [0.2, 0.25) is 0 Å². The van der Waals surface area contributed by atoms with E-state index in [9.17, 15) is 0 Å². The number of furan rings is 1. The summed E-state index contributed by atoms with van der Waals surface area (Å²) in [4.78, 5) is 11.3. The van der Waals surface area contributed by atoms with Gasteiger partial charge < -0.3 is 4.42 Å². The Labute approximate surface area is 171 Å². The molecule has 0 spiro atoms. The Kier molecular flexibility index (Phi) is 4.33. The Morgan fingerprint density at radius 2 is 1.79 bits per heavy atom. The van der Waals surface area contributed by atoms with Crippen molar-refractivity contribution in [3.8, 4) is 10.4 Å². The number of thiophene rings is 1. The summed E-state index contributed by atoms with van der Waals surface area (Å²) in [6.07, 6.45) is 0. The van der Waals surface area contributed by atoms with Crippen LogP contribution in [0.25, 0.3) is 31.6 Å². The van der Waals surface area contributed by atoms with E-state index in [1.54, 1.807) is 11.3 Å². The molecule has 5 rings (SSSR count). The highest BCUT2D eigenvalue weighted by Gasteiger charge is 2.12. The molecule has 5 nitrogen and oxygen atoms in total. The molecule has 0 unspecified atom stereocenters. The van der Waals surface area contributed by atoms with Crippen LogP contribution >= 0.6 is 11.3 Å². The Morgan fingerprint density at radius 1 is 1.00 bits per heavy atom. The van der Waals surface area contributed by atoms with Crippen molar-refractivity contribution >= 4 is 44.1 Å². The van der Waals surface area contributed by atoms with Crippen molar-refractivity contribution in [1.82, 2.24) is 9.97 Å². The summed E-state index contributed by atoms with van der Waals surface area (Å²) in [5.41, 5.74) is 5.89. The fraction of sp³-hybridized carbons (Fsp3) is 0.0870. The van der Waals surface area contributed by atoms with Crippen molar-refractivity contribution in [2.24, 2.45) is 5.10 Å². The molecule has 0 bridgehead atoms. The predicted octanol–water partition coefficient (Wildman–Crippen LogP) is 6.25. The zero-order valence-electron chi connectivity index (χ0n) is 16.0. The third kappa shape index (κ3) is 3.39. The van der Waals surface area contributed by atoms with Crippen LogP contribution in [-0.4, -0.2) is 15.7 Å². The zero-order valence-corrected chi connectivity index (χ0v) is 16.8. The van der Waals surface area contributed by atoms with Crippen LogP contribution in [0, 0.1) is 6.92 Å². The van der Waals surface area contributed by atoms with Gasteiger partial charge >= 0.3 is 0 Å². The van der Waals surface area contributed by atoms with E-state index < -0.39 is 0 Å². The summed E-state index contributed by atoms with van der Waals surface area (Å²) in [5.74, 6) is 2.13. The van der Waals surface area contributed by atoms with E-state index in [0.717, 1.165) is 37.5 Å². The number of nitrogens with one attached hydrogen (secondary N) is 1. The van der Waals surface area contributed by atoms with Gasteiger partial charge in [-0.2, -0.15) is 5.10 Å². The normalized spacial score (nSPS) is 12.0. The van der Waals surface area contributed by atoms with Crippen molar-refractivity contribution in [3.63, 3.8) is 0 Å². The van der Waals surface area contributed by atoms with E-state index in [4.69, 9.17) is 4.42 Å².